The Morgan fingerprint density at radius 2 is 2.06 bits per heavy atom. The van der Waals surface area contributed by atoms with Gasteiger partial charge in [-0.1, -0.05) is 20.8 Å². The van der Waals surface area contributed by atoms with Crippen LogP contribution in [0.3, 0.4) is 0 Å². The highest BCUT2D eigenvalue weighted by molar-refractivity contribution is 5.76. The number of amides is 1. The van der Waals surface area contributed by atoms with Crippen molar-refractivity contribution in [1.29, 1.82) is 0 Å². The van der Waals surface area contributed by atoms with Crippen molar-refractivity contribution in [2.75, 3.05) is 19.6 Å². The van der Waals surface area contributed by atoms with E-state index in [0.29, 0.717) is 30.7 Å². The molecule has 0 aromatic heterocycles. The van der Waals surface area contributed by atoms with Crippen LogP contribution in [0.4, 0.5) is 0 Å². The first-order valence-corrected chi connectivity index (χ1v) is 7.54. The molecule has 1 saturated carbocycles. The van der Waals surface area contributed by atoms with E-state index in [1.54, 1.807) is 0 Å². The fourth-order valence-electron chi connectivity index (χ4n) is 2.51. The number of nitrogens with zero attached hydrogens (tertiary/aromatic N) is 1. The van der Waals surface area contributed by atoms with Crippen LogP contribution in [0.25, 0.3) is 0 Å². The van der Waals surface area contributed by atoms with Gasteiger partial charge in [-0.3, -0.25) is 4.79 Å². The number of hydrogen-bond acceptors (Lipinski definition) is 2. The standard InChI is InChI=1S/C15H30N2O/c1-4-7-17(11-13-5-6-13)15(18)9-14(10-16)8-12(2)3/h12-14H,4-11,16H2,1-3H3/t14-/m0/s1. The average Bonchev–Trinajstić information content (AvgIpc) is 3.10. The first kappa shape index (κ1) is 15.5. The highest BCUT2D eigenvalue weighted by Crippen LogP contribution is 2.30. The summed E-state index contributed by atoms with van der Waals surface area (Å²) in [7, 11) is 0. The van der Waals surface area contributed by atoms with Gasteiger partial charge in [0.25, 0.3) is 0 Å². The Hall–Kier alpha value is -0.570. The zero-order valence-corrected chi connectivity index (χ0v) is 12.3. The molecule has 1 atom stereocenters. The van der Waals surface area contributed by atoms with Crippen LogP contribution in [0.5, 0.6) is 0 Å². The van der Waals surface area contributed by atoms with Crippen LogP contribution in [0.1, 0.15) is 52.9 Å². The Balaban J connectivity index is 2.41. The van der Waals surface area contributed by atoms with Crippen LogP contribution in [0, 0.1) is 17.8 Å². The number of nitrogens with two attached hydrogens (primary N) is 1. The van der Waals surface area contributed by atoms with Crippen molar-refractivity contribution in [2.45, 2.75) is 52.9 Å². The van der Waals surface area contributed by atoms with Gasteiger partial charge in [0, 0.05) is 19.5 Å². The van der Waals surface area contributed by atoms with Crippen LogP contribution in [-0.2, 0) is 4.79 Å². The lowest BCUT2D eigenvalue weighted by molar-refractivity contribution is -0.132. The van der Waals surface area contributed by atoms with Crippen LogP contribution in [-0.4, -0.2) is 30.4 Å². The Kier molecular flexibility index (Phi) is 6.69. The van der Waals surface area contributed by atoms with Crippen molar-refractivity contribution in [2.24, 2.45) is 23.5 Å². The Bertz CT molecular complexity index is 249. The second-order valence-electron chi connectivity index (χ2n) is 6.22. The number of hydrogen-bond donors (Lipinski definition) is 1. The van der Waals surface area contributed by atoms with Gasteiger partial charge in [0.1, 0.15) is 0 Å². The molecule has 0 aliphatic heterocycles. The molecule has 0 unspecified atom stereocenters. The first-order chi connectivity index (χ1) is 8.56. The molecular formula is C15H30N2O. The van der Waals surface area contributed by atoms with E-state index < -0.39 is 0 Å². The lowest BCUT2D eigenvalue weighted by Gasteiger charge is -2.25. The normalized spacial score (nSPS) is 16.9. The molecule has 1 amide bonds. The average molecular weight is 254 g/mol. The van der Waals surface area contributed by atoms with Crippen molar-refractivity contribution < 1.29 is 4.79 Å². The van der Waals surface area contributed by atoms with Crippen LogP contribution >= 0.6 is 0 Å². The molecule has 0 saturated heterocycles. The van der Waals surface area contributed by atoms with Gasteiger partial charge in [-0.25, -0.2) is 0 Å². The SMILES string of the molecule is CCCN(CC1CC1)C(=O)C[C@@H](CN)CC(C)C. The first-order valence-electron chi connectivity index (χ1n) is 7.54. The van der Waals surface area contributed by atoms with E-state index in [0.717, 1.165) is 31.8 Å². The van der Waals surface area contributed by atoms with Crippen molar-refractivity contribution in [1.82, 2.24) is 4.90 Å². The molecule has 0 aromatic rings. The molecule has 1 fully saturated rings. The maximum atomic E-state index is 12.3. The topological polar surface area (TPSA) is 46.3 Å². The fourth-order valence-corrected chi connectivity index (χ4v) is 2.51. The zero-order chi connectivity index (χ0) is 13.5. The molecule has 1 aliphatic rings. The molecule has 106 valence electrons. The molecule has 2 N–H and O–H groups in total. The van der Waals surface area contributed by atoms with Gasteiger partial charge in [-0.2, -0.15) is 0 Å². The van der Waals surface area contributed by atoms with Gasteiger partial charge in [0.2, 0.25) is 5.91 Å². The van der Waals surface area contributed by atoms with Crippen molar-refractivity contribution >= 4 is 5.91 Å². The van der Waals surface area contributed by atoms with E-state index in [9.17, 15) is 4.79 Å². The van der Waals surface area contributed by atoms with E-state index in [2.05, 4.69) is 25.7 Å². The van der Waals surface area contributed by atoms with E-state index in [4.69, 9.17) is 5.73 Å². The molecule has 1 rings (SSSR count). The molecule has 0 aromatic carbocycles. The minimum absolute atomic E-state index is 0.319. The fraction of sp³-hybridized carbons (Fsp3) is 0.933. The highest BCUT2D eigenvalue weighted by atomic mass is 16.2. The van der Waals surface area contributed by atoms with Gasteiger partial charge in [-0.05, 0) is 50.0 Å². The van der Waals surface area contributed by atoms with E-state index >= 15 is 0 Å². The van der Waals surface area contributed by atoms with Gasteiger partial charge >= 0.3 is 0 Å². The summed E-state index contributed by atoms with van der Waals surface area (Å²) in [6, 6.07) is 0. The second kappa shape index (κ2) is 7.78. The summed E-state index contributed by atoms with van der Waals surface area (Å²) < 4.78 is 0. The molecular weight excluding hydrogens is 224 g/mol. The molecule has 18 heavy (non-hydrogen) atoms. The lowest BCUT2D eigenvalue weighted by atomic mass is 9.93. The Labute approximate surface area is 112 Å². The maximum Gasteiger partial charge on any atom is 0.222 e. The summed E-state index contributed by atoms with van der Waals surface area (Å²) >= 11 is 0. The second-order valence-corrected chi connectivity index (χ2v) is 6.22. The lowest BCUT2D eigenvalue weighted by Crippen LogP contribution is -2.36. The summed E-state index contributed by atoms with van der Waals surface area (Å²) in [5.41, 5.74) is 5.79. The molecule has 1 aliphatic carbocycles. The highest BCUT2D eigenvalue weighted by Gasteiger charge is 2.27. The van der Waals surface area contributed by atoms with E-state index in [1.807, 2.05) is 0 Å². The molecule has 0 spiro atoms. The van der Waals surface area contributed by atoms with Crippen LogP contribution < -0.4 is 5.73 Å². The van der Waals surface area contributed by atoms with Crippen molar-refractivity contribution in [3.05, 3.63) is 0 Å². The molecule has 0 heterocycles. The molecule has 0 bridgehead atoms. The predicted octanol–water partition coefficient (Wildman–Crippen LogP) is 2.65. The van der Waals surface area contributed by atoms with E-state index in [-0.39, 0.29) is 0 Å². The minimum atomic E-state index is 0.319. The van der Waals surface area contributed by atoms with Gasteiger partial charge in [0.05, 0.1) is 0 Å². The van der Waals surface area contributed by atoms with E-state index in [1.165, 1.54) is 12.8 Å². The maximum absolute atomic E-state index is 12.3. The third-order valence-corrected chi connectivity index (χ3v) is 3.62. The monoisotopic (exact) mass is 254 g/mol. The third kappa shape index (κ3) is 5.85. The minimum Gasteiger partial charge on any atom is -0.342 e. The van der Waals surface area contributed by atoms with Crippen molar-refractivity contribution in [3.63, 3.8) is 0 Å². The third-order valence-electron chi connectivity index (χ3n) is 3.62. The van der Waals surface area contributed by atoms with Gasteiger partial charge in [-0.15, -0.1) is 0 Å². The Morgan fingerprint density at radius 3 is 2.50 bits per heavy atom. The largest absolute Gasteiger partial charge is 0.342 e. The van der Waals surface area contributed by atoms with Gasteiger partial charge in [0.15, 0.2) is 0 Å². The molecule has 0 radical (unpaired) electrons. The smallest absolute Gasteiger partial charge is 0.222 e. The number of rotatable bonds is 9. The van der Waals surface area contributed by atoms with Crippen LogP contribution in [0.2, 0.25) is 0 Å². The summed E-state index contributed by atoms with van der Waals surface area (Å²) in [4.78, 5) is 14.4. The summed E-state index contributed by atoms with van der Waals surface area (Å²) in [5.74, 6) is 2.08. The summed E-state index contributed by atoms with van der Waals surface area (Å²) in [5, 5.41) is 0. The number of carbonyl (C=O) groups is 1. The number of carbonyl (C=O) groups excluding carboxylic acids is 1. The Morgan fingerprint density at radius 1 is 1.39 bits per heavy atom. The summed E-state index contributed by atoms with van der Waals surface area (Å²) in [6.07, 6.45) is 5.36. The van der Waals surface area contributed by atoms with Gasteiger partial charge < -0.3 is 10.6 Å². The molecule has 3 heteroatoms. The molecule has 3 nitrogen and oxygen atoms in total. The summed E-state index contributed by atoms with van der Waals surface area (Å²) in [6.45, 7) is 9.05. The van der Waals surface area contributed by atoms with Crippen LogP contribution in [0.15, 0.2) is 0 Å². The van der Waals surface area contributed by atoms with Crippen molar-refractivity contribution in [3.8, 4) is 0 Å². The quantitative estimate of drug-likeness (QED) is 0.687. The zero-order valence-electron chi connectivity index (χ0n) is 12.3. The predicted molar refractivity (Wildman–Crippen MR) is 76.2 cm³/mol.